The minimum absolute atomic E-state index is 0.0554. The van der Waals surface area contributed by atoms with Gasteiger partial charge in [0.1, 0.15) is 5.75 Å². The lowest BCUT2D eigenvalue weighted by atomic mass is 10.0. The summed E-state index contributed by atoms with van der Waals surface area (Å²) in [7, 11) is 0. The van der Waals surface area contributed by atoms with E-state index in [-0.39, 0.29) is 18.2 Å². The number of para-hydroxylation sites is 1. The molecule has 0 radical (unpaired) electrons. The number of aryl methyl sites for hydroxylation is 1. The summed E-state index contributed by atoms with van der Waals surface area (Å²) < 4.78 is 8.68. The summed E-state index contributed by atoms with van der Waals surface area (Å²) in [4.78, 5) is 24.4. The molecule has 0 fully saturated rings. The molecule has 0 aliphatic heterocycles. The lowest BCUT2D eigenvalue weighted by Crippen LogP contribution is -2.31. The van der Waals surface area contributed by atoms with Crippen LogP contribution in [0.4, 0.5) is 0 Å². The molecule has 7 heteroatoms. The first-order valence-corrected chi connectivity index (χ1v) is 10.3. The third kappa shape index (κ3) is 5.19. The van der Waals surface area contributed by atoms with Crippen LogP contribution in [0.25, 0.3) is 5.65 Å². The van der Waals surface area contributed by atoms with Crippen LogP contribution in [0.15, 0.2) is 83.8 Å². The van der Waals surface area contributed by atoms with Crippen molar-refractivity contribution in [3.8, 4) is 5.75 Å². The lowest BCUT2D eigenvalue weighted by molar-refractivity contribution is -0.123. The summed E-state index contributed by atoms with van der Waals surface area (Å²) in [6.45, 7) is 0.815. The van der Waals surface area contributed by atoms with Crippen molar-refractivity contribution in [2.45, 2.75) is 19.4 Å². The van der Waals surface area contributed by atoms with Crippen LogP contribution in [-0.2, 0) is 17.8 Å². The van der Waals surface area contributed by atoms with E-state index < -0.39 is 0 Å². The number of carbonyl (C=O) groups excluding carboxylic acids is 1. The highest BCUT2D eigenvalue weighted by molar-refractivity contribution is 5.77. The van der Waals surface area contributed by atoms with Crippen molar-refractivity contribution >= 4 is 11.6 Å². The van der Waals surface area contributed by atoms with Crippen molar-refractivity contribution in [1.29, 1.82) is 0 Å². The van der Waals surface area contributed by atoms with Gasteiger partial charge in [-0.05, 0) is 35.7 Å². The fraction of sp³-hybridized carbons (Fsp3) is 0.208. The number of amides is 1. The minimum atomic E-state index is -0.197. The van der Waals surface area contributed by atoms with Crippen molar-refractivity contribution in [3.63, 3.8) is 0 Å². The molecule has 0 saturated heterocycles. The van der Waals surface area contributed by atoms with Gasteiger partial charge in [-0.15, -0.1) is 5.10 Å². The van der Waals surface area contributed by atoms with Crippen LogP contribution in [0.5, 0.6) is 5.75 Å². The van der Waals surface area contributed by atoms with Gasteiger partial charge in [-0.25, -0.2) is 9.48 Å². The summed E-state index contributed by atoms with van der Waals surface area (Å²) in [5.41, 5.74) is 2.65. The van der Waals surface area contributed by atoms with E-state index in [1.165, 1.54) is 14.6 Å². The molecule has 0 unspecified atom stereocenters. The zero-order valence-corrected chi connectivity index (χ0v) is 17.1. The molecule has 31 heavy (non-hydrogen) atoms. The van der Waals surface area contributed by atoms with Crippen LogP contribution >= 0.6 is 0 Å². The van der Waals surface area contributed by atoms with Crippen LogP contribution < -0.4 is 15.7 Å². The summed E-state index contributed by atoms with van der Waals surface area (Å²) in [6, 6.07) is 23.3. The molecule has 7 nitrogen and oxygen atoms in total. The molecule has 1 N–H and O–H groups in total. The molecule has 0 bridgehead atoms. The summed E-state index contributed by atoms with van der Waals surface area (Å²) in [5, 5.41) is 7.11. The second-order valence-corrected chi connectivity index (χ2v) is 7.20. The normalized spacial score (nSPS) is 10.8. The zero-order chi connectivity index (χ0) is 21.5. The third-order valence-electron chi connectivity index (χ3n) is 4.93. The van der Waals surface area contributed by atoms with Gasteiger partial charge in [0.15, 0.2) is 12.3 Å². The van der Waals surface area contributed by atoms with Gasteiger partial charge in [-0.3, -0.25) is 9.20 Å². The highest BCUT2D eigenvalue weighted by atomic mass is 16.5. The molecular weight excluding hydrogens is 392 g/mol. The van der Waals surface area contributed by atoms with E-state index in [4.69, 9.17) is 4.74 Å². The predicted molar refractivity (Wildman–Crippen MR) is 118 cm³/mol. The Labute approximate surface area is 179 Å². The second kappa shape index (κ2) is 9.75. The number of nitrogens with zero attached hydrogens (tertiary/aromatic N) is 3. The molecule has 2 heterocycles. The monoisotopic (exact) mass is 416 g/mol. The number of benzene rings is 2. The average Bonchev–Trinajstić information content (AvgIpc) is 3.12. The summed E-state index contributed by atoms with van der Waals surface area (Å²) in [6.07, 6.45) is 3.03. The maximum atomic E-state index is 12.2. The van der Waals surface area contributed by atoms with E-state index in [2.05, 4.69) is 22.5 Å². The molecule has 0 atom stereocenters. The fourth-order valence-electron chi connectivity index (χ4n) is 3.37. The molecular formula is C24H24N4O3. The van der Waals surface area contributed by atoms with Gasteiger partial charge in [-0.1, -0.05) is 54.6 Å². The molecule has 0 aliphatic carbocycles. The van der Waals surface area contributed by atoms with Crippen LogP contribution in [0.1, 0.15) is 17.5 Å². The fourth-order valence-corrected chi connectivity index (χ4v) is 3.37. The van der Waals surface area contributed by atoms with Gasteiger partial charge in [-0.2, -0.15) is 0 Å². The van der Waals surface area contributed by atoms with Crippen LogP contribution in [-0.4, -0.2) is 33.2 Å². The Kier molecular flexibility index (Phi) is 6.42. The Bertz CT molecular complexity index is 1210. The van der Waals surface area contributed by atoms with E-state index in [1.54, 1.807) is 18.3 Å². The maximum Gasteiger partial charge on any atom is 0.350 e. The van der Waals surface area contributed by atoms with Crippen molar-refractivity contribution in [2.75, 3.05) is 13.2 Å². The number of nitrogens with one attached hydrogen (secondary N) is 1. The number of ether oxygens (including phenoxy) is 1. The van der Waals surface area contributed by atoms with Crippen molar-refractivity contribution in [2.24, 2.45) is 0 Å². The van der Waals surface area contributed by atoms with Crippen molar-refractivity contribution in [3.05, 3.63) is 101 Å². The zero-order valence-electron chi connectivity index (χ0n) is 17.1. The largest absolute Gasteiger partial charge is 0.483 e. The van der Waals surface area contributed by atoms with Crippen LogP contribution in [0.3, 0.4) is 0 Å². The van der Waals surface area contributed by atoms with E-state index >= 15 is 0 Å². The van der Waals surface area contributed by atoms with Gasteiger partial charge in [0.05, 0.1) is 0 Å². The first kappa shape index (κ1) is 20.4. The van der Waals surface area contributed by atoms with E-state index in [0.29, 0.717) is 30.9 Å². The Hall–Kier alpha value is -3.87. The average molecular weight is 416 g/mol. The number of carbonyl (C=O) groups is 1. The highest BCUT2D eigenvalue weighted by Gasteiger charge is 2.08. The number of rotatable bonds is 9. The Morgan fingerprint density at radius 1 is 0.968 bits per heavy atom. The quantitative estimate of drug-likeness (QED) is 0.426. The first-order chi connectivity index (χ1) is 15.2. The Balaban J connectivity index is 1.24. The van der Waals surface area contributed by atoms with Gasteiger partial charge in [0.25, 0.3) is 5.91 Å². The number of hydrogen-bond donors (Lipinski definition) is 1. The maximum absolute atomic E-state index is 12.2. The first-order valence-electron chi connectivity index (χ1n) is 10.3. The van der Waals surface area contributed by atoms with E-state index in [9.17, 15) is 9.59 Å². The minimum Gasteiger partial charge on any atom is -0.483 e. The number of hydrogen-bond acceptors (Lipinski definition) is 4. The lowest BCUT2D eigenvalue weighted by Gasteiger charge is -2.12. The topological polar surface area (TPSA) is 77.6 Å². The molecule has 0 spiro atoms. The van der Waals surface area contributed by atoms with Gasteiger partial charge in [0.2, 0.25) is 0 Å². The van der Waals surface area contributed by atoms with E-state index in [1.807, 2.05) is 48.5 Å². The molecule has 158 valence electrons. The molecule has 0 aliphatic rings. The smallest absolute Gasteiger partial charge is 0.350 e. The summed E-state index contributed by atoms with van der Waals surface area (Å²) >= 11 is 0. The van der Waals surface area contributed by atoms with Gasteiger partial charge < -0.3 is 10.1 Å². The molecule has 1 amide bonds. The van der Waals surface area contributed by atoms with Crippen LogP contribution in [0.2, 0.25) is 0 Å². The van der Waals surface area contributed by atoms with E-state index in [0.717, 1.165) is 12.0 Å². The molecule has 4 aromatic rings. The molecule has 4 rings (SSSR count). The SMILES string of the molecule is O=C(COc1ccccc1Cc1ccccc1)NCCCn1nc2ccccn2c1=O. The summed E-state index contributed by atoms with van der Waals surface area (Å²) in [5.74, 6) is 0.509. The molecule has 2 aromatic carbocycles. The third-order valence-corrected chi connectivity index (χ3v) is 4.93. The van der Waals surface area contributed by atoms with Crippen molar-refractivity contribution < 1.29 is 9.53 Å². The van der Waals surface area contributed by atoms with Gasteiger partial charge >= 0.3 is 5.69 Å². The molecule has 2 aromatic heterocycles. The second-order valence-electron chi connectivity index (χ2n) is 7.20. The highest BCUT2D eigenvalue weighted by Crippen LogP contribution is 2.21. The number of pyridine rings is 1. The Morgan fingerprint density at radius 2 is 1.74 bits per heavy atom. The van der Waals surface area contributed by atoms with Gasteiger partial charge in [0, 0.05) is 25.7 Å². The Morgan fingerprint density at radius 3 is 2.58 bits per heavy atom. The predicted octanol–water partition coefficient (Wildman–Crippen LogP) is 2.67. The van der Waals surface area contributed by atoms with Crippen molar-refractivity contribution in [1.82, 2.24) is 19.5 Å². The standard InChI is InChI=1S/C24H24N4O3/c29-23(25-14-8-16-28-24(30)27-15-7-6-13-22(27)26-28)18-31-21-12-5-4-11-20(21)17-19-9-2-1-3-10-19/h1-7,9-13,15H,8,14,16-18H2,(H,25,29). The molecule has 0 saturated carbocycles. The number of fused-ring (bicyclic) bond motifs is 1. The number of aromatic nitrogens is 3. The van der Waals surface area contributed by atoms with Crippen LogP contribution in [0, 0.1) is 0 Å².